The van der Waals surface area contributed by atoms with Crippen LogP contribution in [0.25, 0.3) is 0 Å². The van der Waals surface area contributed by atoms with E-state index in [1.54, 1.807) is 4.90 Å². The number of aliphatic hydroxyl groups excluding tert-OH is 1. The SMILES string of the molecule is CCCN(CCO)C(=O)C1(CN)CCC(C)CC1. The minimum atomic E-state index is -0.364. The third-order valence-corrected chi connectivity index (χ3v) is 4.23. The Morgan fingerprint density at radius 1 is 1.39 bits per heavy atom. The van der Waals surface area contributed by atoms with Crippen LogP contribution in [0.4, 0.5) is 0 Å². The standard InChI is InChI=1S/C14H28N2O2/c1-3-8-16(9-10-17)13(18)14(11-15)6-4-12(2)5-7-14/h12,17H,3-11,15H2,1-2H3. The van der Waals surface area contributed by atoms with E-state index in [1.165, 1.54) is 0 Å². The van der Waals surface area contributed by atoms with Crippen LogP contribution in [0.2, 0.25) is 0 Å². The third-order valence-electron chi connectivity index (χ3n) is 4.23. The number of rotatable bonds is 6. The molecule has 0 saturated heterocycles. The first-order valence-electron chi connectivity index (χ1n) is 7.20. The summed E-state index contributed by atoms with van der Waals surface area (Å²) in [7, 11) is 0. The van der Waals surface area contributed by atoms with E-state index in [0.717, 1.165) is 38.6 Å². The number of nitrogens with two attached hydrogens (primary N) is 1. The number of hydrogen-bond donors (Lipinski definition) is 2. The van der Waals surface area contributed by atoms with Crippen molar-refractivity contribution in [1.82, 2.24) is 4.90 Å². The van der Waals surface area contributed by atoms with Gasteiger partial charge in [-0.1, -0.05) is 13.8 Å². The fourth-order valence-corrected chi connectivity index (χ4v) is 2.86. The van der Waals surface area contributed by atoms with Gasteiger partial charge in [0.05, 0.1) is 12.0 Å². The molecule has 18 heavy (non-hydrogen) atoms. The van der Waals surface area contributed by atoms with Crippen LogP contribution in [0.3, 0.4) is 0 Å². The maximum absolute atomic E-state index is 12.7. The molecule has 0 atom stereocenters. The number of amides is 1. The van der Waals surface area contributed by atoms with E-state index in [9.17, 15) is 4.79 Å². The Morgan fingerprint density at radius 2 is 2.00 bits per heavy atom. The van der Waals surface area contributed by atoms with Crippen molar-refractivity contribution < 1.29 is 9.90 Å². The van der Waals surface area contributed by atoms with E-state index in [4.69, 9.17) is 10.8 Å². The van der Waals surface area contributed by atoms with Crippen LogP contribution in [-0.2, 0) is 4.79 Å². The number of carbonyl (C=O) groups excluding carboxylic acids is 1. The summed E-state index contributed by atoms with van der Waals surface area (Å²) >= 11 is 0. The van der Waals surface area contributed by atoms with E-state index >= 15 is 0 Å². The molecule has 0 unspecified atom stereocenters. The lowest BCUT2D eigenvalue weighted by Crippen LogP contribution is -2.50. The Balaban J connectivity index is 2.75. The topological polar surface area (TPSA) is 66.6 Å². The van der Waals surface area contributed by atoms with Gasteiger partial charge in [0.2, 0.25) is 5.91 Å². The van der Waals surface area contributed by atoms with Gasteiger partial charge in [0, 0.05) is 19.6 Å². The lowest BCUT2D eigenvalue weighted by Gasteiger charge is -2.40. The van der Waals surface area contributed by atoms with Gasteiger partial charge in [-0.2, -0.15) is 0 Å². The summed E-state index contributed by atoms with van der Waals surface area (Å²) in [6.07, 6.45) is 4.89. The Hall–Kier alpha value is -0.610. The number of carbonyl (C=O) groups is 1. The monoisotopic (exact) mass is 256 g/mol. The second-order valence-corrected chi connectivity index (χ2v) is 5.68. The molecular formula is C14H28N2O2. The molecule has 0 aromatic heterocycles. The molecule has 4 nitrogen and oxygen atoms in total. The van der Waals surface area contributed by atoms with Crippen molar-refractivity contribution in [2.45, 2.75) is 46.0 Å². The lowest BCUT2D eigenvalue weighted by molar-refractivity contribution is -0.144. The summed E-state index contributed by atoms with van der Waals surface area (Å²) in [6.45, 7) is 5.91. The Bertz CT molecular complexity index is 255. The van der Waals surface area contributed by atoms with Crippen molar-refractivity contribution in [2.24, 2.45) is 17.1 Å². The van der Waals surface area contributed by atoms with Gasteiger partial charge in [-0.3, -0.25) is 4.79 Å². The maximum atomic E-state index is 12.7. The molecule has 0 aliphatic heterocycles. The van der Waals surface area contributed by atoms with Crippen molar-refractivity contribution in [3.63, 3.8) is 0 Å². The average Bonchev–Trinajstić information content (AvgIpc) is 2.39. The quantitative estimate of drug-likeness (QED) is 0.754. The van der Waals surface area contributed by atoms with Crippen LogP contribution >= 0.6 is 0 Å². The Labute approximate surface area is 111 Å². The van der Waals surface area contributed by atoms with Gasteiger partial charge in [-0.05, 0) is 38.0 Å². The first-order valence-corrected chi connectivity index (χ1v) is 7.20. The van der Waals surface area contributed by atoms with Gasteiger partial charge in [-0.25, -0.2) is 0 Å². The second-order valence-electron chi connectivity index (χ2n) is 5.68. The summed E-state index contributed by atoms with van der Waals surface area (Å²) in [5.74, 6) is 0.864. The molecular weight excluding hydrogens is 228 g/mol. The first kappa shape index (κ1) is 15.4. The Morgan fingerprint density at radius 3 is 2.44 bits per heavy atom. The second kappa shape index (κ2) is 7.10. The molecule has 0 aromatic rings. The van der Waals surface area contributed by atoms with Crippen LogP contribution < -0.4 is 5.73 Å². The molecule has 106 valence electrons. The van der Waals surface area contributed by atoms with Crippen molar-refractivity contribution in [2.75, 3.05) is 26.2 Å². The van der Waals surface area contributed by atoms with Gasteiger partial charge < -0.3 is 15.7 Å². The van der Waals surface area contributed by atoms with Gasteiger partial charge in [0.25, 0.3) is 0 Å². The summed E-state index contributed by atoms with van der Waals surface area (Å²) in [5, 5.41) is 9.08. The smallest absolute Gasteiger partial charge is 0.230 e. The van der Waals surface area contributed by atoms with Crippen molar-refractivity contribution in [3.05, 3.63) is 0 Å². The van der Waals surface area contributed by atoms with E-state index in [-0.39, 0.29) is 17.9 Å². The minimum Gasteiger partial charge on any atom is -0.395 e. The van der Waals surface area contributed by atoms with E-state index in [1.807, 2.05) is 0 Å². The van der Waals surface area contributed by atoms with Crippen molar-refractivity contribution in [3.8, 4) is 0 Å². The highest BCUT2D eigenvalue weighted by Crippen LogP contribution is 2.39. The van der Waals surface area contributed by atoms with Crippen LogP contribution in [0.1, 0.15) is 46.0 Å². The van der Waals surface area contributed by atoms with Crippen molar-refractivity contribution >= 4 is 5.91 Å². The van der Waals surface area contributed by atoms with Crippen LogP contribution in [0.15, 0.2) is 0 Å². The van der Waals surface area contributed by atoms with E-state index in [0.29, 0.717) is 19.0 Å². The average molecular weight is 256 g/mol. The molecule has 1 saturated carbocycles. The largest absolute Gasteiger partial charge is 0.395 e. The number of nitrogens with zero attached hydrogens (tertiary/aromatic N) is 1. The Kier molecular flexibility index (Phi) is 6.09. The highest BCUT2D eigenvalue weighted by atomic mass is 16.3. The zero-order chi connectivity index (χ0) is 13.6. The first-order chi connectivity index (χ1) is 8.59. The maximum Gasteiger partial charge on any atom is 0.230 e. The molecule has 3 N–H and O–H groups in total. The summed E-state index contributed by atoms with van der Waals surface area (Å²) in [5.41, 5.74) is 5.54. The molecule has 0 spiro atoms. The highest BCUT2D eigenvalue weighted by Gasteiger charge is 2.41. The molecule has 0 bridgehead atoms. The van der Waals surface area contributed by atoms with Gasteiger partial charge in [0.1, 0.15) is 0 Å². The van der Waals surface area contributed by atoms with Gasteiger partial charge >= 0.3 is 0 Å². The molecule has 4 heteroatoms. The molecule has 1 aliphatic rings. The summed E-state index contributed by atoms with van der Waals surface area (Å²) < 4.78 is 0. The van der Waals surface area contributed by atoms with Gasteiger partial charge in [-0.15, -0.1) is 0 Å². The minimum absolute atomic E-state index is 0.0305. The number of hydrogen-bond acceptors (Lipinski definition) is 3. The summed E-state index contributed by atoms with van der Waals surface area (Å²) in [4.78, 5) is 14.5. The zero-order valence-corrected chi connectivity index (χ0v) is 11.8. The molecule has 0 radical (unpaired) electrons. The van der Waals surface area contributed by atoms with E-state index in [2.05, 4.69) is 13.8 Å². The highest BCUT2D eigenvalue weighted by molar-refractivity contribution is 5.83. The fraction of sp³-hybridized carbons (Fsp3) is 0.929. The molecule has 1 fully saturated rings. The van der Waals surface area contributed by atoms with Crippen LogP contribution in [0.5, 0.6) is 0 Å². The van der Waals surface area contributed by atoms with E-state index < -0.39 is 0 Å². The molecule has 1 rings (SSSR count). The predicted octanol–water partition coefficient (Wildman–Crippen LogP) is 1.37. The normalized spacial score (nSPS) is 28.1. The van der Waals surface area contributed by atoms with Crippen LogP contribution in [0, 0.1) is 11.3 Å². The molecule has 1 aliphatic carbocycles. The van der Waals surface area contributed by atoms with Crippen molar-refractivity contribution in [1.29, 1.82) is 0 Å². The molecule has 0 aromatic carbocycles. The third kappa shape index (κ3) is 3.45. The van der Waals surface area contributed by atoms with Crippen LogP contribution in [-0.4, -0.2) is 42.2 Å². The molecule has 0 heterocycles. The fourth-order valence-electron chi connectivity index (χ4n) is 2.86. The molecule has 1 amide bonds. The summed E-state index contributed by atoms with van der Waals surface area (Å²) in [6, 6.07) is 0. The number of aliphatic hydroxyl groups is 1. The zero-order valence-electron chi connectivity index (χ0n) is 11.8. The predicted molar refractivity (Wildman–Crippen MR) is 73.1 cm³/mol. The lowest BCUT2D eigenvalue weighted by atomic mass is 9.70. The van der Waals surface area contributed by atoms with Gasteiger partial charge in [0.15, 0.2) is 0 Å².